The molecule has 0 radical (unpaired) electrons. The van der Waals surface area contributed by atoms with Gasteiger partial charge in [0.15, 0.2) is 0 Å². The van der Waals surface area contributed by atoms with Crippen LogP contribution in [-0.4, -0.2) is 46.3 Å². The first-order chi connectivity index (χ1) is 8.72. The Balaban J connectivity index is 2.52. The number of carbonyl (C=O) groups is 1. The third-order valence-corrected chi connectivity index (χ3v) is 4.63. The van der Waals surface area contributed by atoms with Crippen molar-refractivity contribution in [3.8, 4) is 0 Å². The van der Waals surface area contributed by atoms with Gasteiger partial charge in [-0.25, -0.2) is 0 Å². The lowest BCUT2D eigenvalue weighted by Gasteiger charge is -2.40. The van der Waals surface area contributed by atoms with E-state index >= 15 is 0 Å². The summed E-state index contributed by atoms with van der Waals surface area (Å²) in [6.45, 7) is 10.6. The molecule has 112 valence electrons. The van der Waals surface area contributed by atoms with Gasteiger partial charge >= 0.3 is 5.97 Å². The SMILES string of the molecule is CC(CC(=O)O)C1CCCN(CC(C)(O)C(C)C)C1. The number of piperidine rings is 1. The zero-order valence-electron chi connectivity index (χ0n) is 12.7. The van der Waals surface area contributed by atoms with Crippen molar-refractivity contribution < 1.29 is 15.0 Å². The highest BCUT2D eigenvalue weighted by atomic mass is 16.4. The smallest absolute Gasteiger partial charge is 0.303 e. The molecule has 1 saturated heterocycles. The van der Waals surface area contributed by atoms with Gasteiger partial charge in [-0.3, -0.25) is 4.79 Å². The summed E-state index contributed by atoms with van der Waals surface area (Å²) in [5, 5.41) is 19.3. The standard InChI is InChI=1S/C15H29NO3/c1-11(2)15(4,19)10-16-7-5-6-13(9-16)12(3)8-14(17)18/h11-13,19H,5-10H2,1-4H3,(H,17,18). The Morgan fingerprint density at radius 3 is 2.58 bits per heavy atom. The molecule has 0 aromatic heterocycles. The minimum Gasteiger partial charge on any atom is -0.481 e. The van der Waals surface area contributed by atoms with E-state index in [1.54, 1.807) is 0 Å². The molecule has 4 heteroatoms. The van der Waals surface area contributed by atoms with Gasteiger partial charge in [0.25, 0.3) is 0 Å². The van der Waals surface area contributed by atoms with E-state index in [1.807, 2.05) is 27.7 Å². The second-order valence-electron chi connectivity index (χ2n) is 6.72. The highest BCUT2D eigenvalue weighted by Gasteiger charge is 2.32. The summed E-state index contributed by atoms with van der Waals surface area (Å²) in [5.74, 6) is 0.167. The summed E-state index contributed by atoms with van der Waals surface area (Å²) < 4.78 is 0. The molecular weight excluding hydrogens is 242 g/mol. The van der Waals surface area contributed by atoms with Crippen molar-refractivity contribution in [2.75, 3.05) is 19.6 Å². The molecule has 0 aromatic rings. The first kappa shape index (κ1) is 16.4. The number of likely N-dealkylation sites (tertiary alicyclic amines) is 1. The Morgan fingerprint density at radius 1 is 1.42 bits per heavy atom. The number of aliphatic carboxylic acids is 1. The maximum absolute atomic E-state index is 10.8. The fourth-order valence-corrected chi connectivity index (χ4v) is 2.78. The number of rotatable bonds is 6. The van der Waals surface area contributed by atoms with Gasteiger partial charge in [0.1, 0.15) is 0 Å². The average Bonchev–Trinajstić information content (AvgIpc) is 2.27. The van der Waals surface area contributed by atoms with Crippen LogP contribution >= 0.6 is 0 Å². The van der Waals surface area contributed by atoms with Gasteiger partial charge in [-0.05, 0) is 44.1 Å². The number of hydrogen-bond donors (Lipinski definition) is 2. The van der Waals surface area contributed by atoms with Crippen molar-refractivity contribution in [1.29, 1.82) is 0 Å². The van der Waals surface area contributed by atoms with Crippen molar-refractivity contribution in [2.24, 2.45) is 17.8 Å². The van der Waals surface area contributed by atoms with E-state index < -0.39 is 11.6 Å². The minimum absolute atomic E-state index is 0.212. The van der Waals surface area contributed by atoms with Gasteiger partial charge in [0.2, 0.25) is 0 Å². The lowest BCUT2D eigenvalue weighted by molar-refractivity contribution is -0.138. The normalized spacial score (nSPS) is 26.1. The van der Waals surface area contributed by atoms with Gasteiger partial charge in [0.05, 0.1) is 5.60 Å². The third kappa shape index (κ3) is 5.11. The van der Waals surface area contributed by atoms with Gasteiger partial charge in [-0.15, -0.1) is 0 Å². The predicted molar refractivity (Wildman–Crippen MR) is 76.0 cm³/mol. The molecule has 4 nitrogen and oxygen atoms in total. The van der Waals surface area contributed by atoms with E-state index in [2.05, 4.69) is 4.90 Å². The zero-order chi connectivity index (χ0) is 14.6. The van der Waals surface area contributed by atoms with E-state index in [-0.39, 0.29) is 18.3 Å². The fourth-order valence-electron chi connectivity index (χ4n) is 2.78. The Labute approximate surface area is 116 Å². The van der Waals surface area contributed by atoms with E-state index in [0.29, 0.717) is 12.5 Å². The van der Waals surface area contributed by atoms with Crippen LogP contribution < -0.4 is 0 Å². The molecule has 0 aliphatic carbocycles. The van der Waals surface area contributed by atoms with Crippen LogP contribution in [0.1, 0.15) is 47.0 Å². The summed E-state index contributed by atoms with van der Waals surface area (Å²) in [5.41, 5.74) is -0.669. The second kappa shape index (κ2) is 6.71. The quantitative estimate of drug-likeness (QED) is 0.777. The molecule has 0 bridgehead atoms. The first-order valence-electron chi connectivity index (χ1n) is 7.39. The van der Waals surface area contributed by atoms with Crippen LogP contribution in [0, 0.1) is 17.8 Å². The lowest BCUT2D eigenvalue weighted by atomic mass is 9.83. The van der Waals surface area contributed by atoms with Crippen molar-refractivity contribution in [3.05, 3.63) is 0 Å². The van der Waals surface area contributed by atoms with E-state index in [0.717, 1.165) is 25.9 Å². The maximum atomic E-state index is 10.8. The number of aliphatic hydroxyl groups is 1. The van der Waals surface area contributed by atoms with Crippen LogP contribution in [0.15, 0.2) is 0 Å². The molecule has 3 unspecified atom stereocenters. The second-order valence-corrected chi connectivity index (χ2v) is 6.72. The highest BCUT2D eigenvalue weighted by Crippen LogP contribution is 2.28. The van der Waals surface area contributed by atoms with Crippen LogP contribution in [0.3, 0.4) is 0 Å². The molecule has 2 N–H and O–H groups in total. The Morgan fingerprint density at radius 2 is 2.05 bits per heavy atom. The van der Waals surface area contributed by atoms with Crippen molar-refractivity contribution in [2.45, 2.75) is 52.6 Å². The average molecular weight is 271 g/mol. The summed E-state index contributed by atoms with van der Waals surface area (Å²) in [7, 11) is 0. The number of β-amino-alcohol motifs (C(OH)–C–C–N with tert-alkyl or cyclic N) is 1. The Bertz CT molecular complexity index is 302. The highest BCUT2D eigenvalue weighted by molar-refractivity contribution is 5.67. The van der Waals surface area contributed by atoms with E-state index in [9.17, 15) is 9.90 Å². The molecule has 1 aliphatic heterocycles. The van der Waals surface area contributed by atoms with Gasteiger partial charge in [-0.1, -0.05) is 20.8 Å². The van der Waals surface area contributed by atoms with E-state index in [4.69, 9.17) is 5.11 Å². The summed E-state index contributed by atoms with van der Waals surface area (Å²) in [6, 6.07) is 0. The summed E-state index contributed by atoms with van der Waals surface area (Å²) in [4.78, 5) is 13.1. The molecule has 0 amide bonds. The van der Waals surface area contributed by atoms with E-state index in [1.165, 1.54) is 0 Å². The Kier molecular flexibility index (Phi) is 5.81. The fraction of sp³-hybridized carbons (Fsp3) is 0.933. The number of carboxylic acids is 1. The monoisotopic (exact) mass is 271 g/mol. The first-order valence-corrected chi connectivity index (χ1v) is 7.39. The minimum atomic E-state index is -0.709. The third-order valence-electron chi connectivity index (χ3n) is 4.63. The van der Waals surface area contributed by atoms with Crippen LogP contribution in [-0.2, 0) is 4.79 Å². The predicted octanol–water partition coefficient (Wildman–Crippen LogP) is 2.22. The van der Waals surface area contributed by atoms with Crippen molar-refractivity contribution in [1.82, 2.24) is 4.90 Å². The van der Waals surface area contributed by atoms with Crippen molar-refractivity contribution >= 4 is 5.97 Å². The van der Waals surface area contributed by atoms with Crippen LogP contribution in [0.5, 0.6) is 0 Å². The molecule has 1 rings (SSSR count). The largest absolute Gasteiger partial charge is 0.481 e. The van der Waals surface area contributed by atoms with Crippen LogP contribution in [0.2, 0.25) is 0 Å². The lowest BCUT2D eigenvalue weighted by Crippen LogP contribution is -2.48. The van der Waals surface area contributed by atoms with Gasteiger partial charge < -0.3 is 15.1 Å². The molecule has 1 heterocycles. The van der Waals surface area contributed by atoms with Gasteiger partial charge in [0, 0.05) is 19.5 Å². The summed E-state index contributed by atoms with van der Waals surface area (Å²) in [6.07, 6.45) is 2.46. The Hall–Kier alpha value is -0.610. The summed E-state index contributed by atoms with van der Waals surface area (Å²) >= 11 is 0. The molecule has 0 spiro atoms. The molecule has 3 atom stereocenters. The maximum Gasteiger partial charge on any atom is 0.303 e. The zero-order valence-corrected chi connectivity index (χ0v) is 12.7. The number of nitrogens with zero attached hydrogens (tertiary/aromatic N) is 1. The molecule has 1 fully saturated rings. The molecule has 1 aliphatic rings. The topological polar surface area (TPSA) is 60.8 Å². The molecule has 19 heavy (non-hydrogen) atoms. The van der Waals surface area contributed by atoms with Gasteiger partial charge in [-0.2, -0.15) is 0 Å². The number of hydrogen-bond acceptors (Lipinski definition) is 3. The van der Waals surface area contributed by atoms with Crippen LogP contribution in [0.25, 0.3) is 0 Å². The molecule has 0 saturated carbocycles. The molecular formula is C15H29NO3. The van der Waals surface area contributed by atoms with Crippen molar-refractivity contribution in [3.63, 3.8) is 0 Å². The number of carboxylic acid groups (broad SMARTS) is 1. The van der Waals surface area contributed by atoms with Crippen LogP contribution in [0.4, 0.5) is 0 Å². The molecule has 0 aromatic carbocycles.